The molecular weight excluding hydrogens is 250 g/mol. The molecule has 1 amide bonds. The quantitative estimate of drug-likeness (QED) is 0.867. The van der Waals surface area contributed by atoms with Crippen LogP contribution in [0.15, 0.2) is 48.8 Å². The molecule has 0 spiro atoms. The van der Waals surface area contributed by atoms with Gasteiger partial charge in [-0.25, -0.2) is 4.98 Å². The molecule has 1 N–H and O–H groups in total. The van der Waals surface area contributed by atoms with Crippen molar-refractivity contribution in [1.82, 2.24) is 14.9 Å². The van der Waals surface area contributed by atoms with Gasteiger partial charge in [0.25, 0.3) is 0 Å². The Hall–Kier alpha value is -2.36. The van der Waals surface area contributed by atoms with Crippen molar-refractivity contribution in [3.05, 3.63) is 65.8 Å². The van der Waals surface area contributed by atoms with Crippen LogP contribution in [0.25, 0.3) is 0 Å². The van der Waals surface area contributed by atoms with Gasteiger partial charge in [0.15, 0.2) is 0 Å². The van der Waals surface area contributed by atoms with Crippen LogP contribution >= 0.6 is 0 Å². The van der Waals surface area contributed by atoms with Gasteiger partial charge in [-0.05, 0) is 31.1 Å². The molecule has 1 heterocycles. The zero-order valence-electron chi connectivity index (χ0n) is 12.0. The number of nitrogens with one attached hydrogen (secondary N) is 1. The largest absolute Gasteiger partial charge is 0.339 e. The Morgan fingerprint density at radius 1 is 1.40 bits per heavy atom. The van der Waals surface area contributed by atoms with Crippen molar-refractivity contribution in [2.45, 2.75) is 19.9 Å². The SMILES string of the molecule is C/C=C/C(=O)NC(c1ccccc1C)c1nccn1C. The summed E-state index contributed by atoms with van der Waals surface area (Å²) in [6.45, 7) is 3.86. The van der Waals surface area contributed by atoms with E-state index >= 15 is 0 Å². The molecule has 1 atom stereocenters. The summed E-state index contributed by atoms with van der Waals surface area (Å²) in [5.74, 6) is 0.695. The van der Waals surface area contributed by atoms with E-state index in [0.29, 0.717) is 0 Å². The van der Waals surface area contributed by atoms with Crippen molar-refractivity contribution >= 4 is 5.91 Å². The first-order chi connectivity index (χ1) is 9.63. The molecule has 0 bridgehead atoms. The van der Waals surface area contributed by atoms with E-state index in [1.807, 2.05) is 55.9 Å². The Morgan fingerprint density at radius 2 is 2.15 bits per heavy atom. The van der Waals surface area contributed by atoms with E-state index in [4.69, 9.17) is 0 Å². The van der Waals surface area contributed by atoms with Crippen LogP contribution < -0.4 is 5.32 Å². The van der Waals surface area contributed by atoms with Gasteiger partial charge in [-0.1, -0.05) is 30.3 Å². The summed E-state index contributed by atoms with van der Waals surface area (Å²) in [6, 6.07) is 7.76. The van der Waals surface area contributed by atoms with E-state index in [0.717, 1.165) is 17.0 Å². The highest BCUT2D eigenvalue weighted by atomic mass is 16.1. The molecule has 1 aromatic heterocycles. The van der Waals surface area contributed by atoms with E-state index in [1.54, 1.807) is 12.3 Å². The number of benzene rings is 1. The van der Waals surface area contributed by atoms with Crippen LogP contribution in [0.1, 0.15) is 29.9 Å². The average molecular weight is 269 g/mol. The smallest absolute Gasteiger partial charge is 0.244 e. The standard InChI is InChI=1S/C16H19N3O/c1-4-7-14(20)18-15(16-17-10-11-19(16)3)13-9-6-5-8-12(13)2/h4-11,15H,1-3H3,(H,18,20)/b7-4+. The number of aromatic nitrogens is 2. The van der Waals surface area contributed by atoms with Gasteiger partial charge in [0.1, 0.15) is 11.9 Å². The Balaban J connectivity index is 2.42. The monoisotopic (exact) mass is 269 g/mol. The van der Waals surface area contributed by atoms with Crippen LogP contribution in [-0.4, -0.2) is 15.5 Å². The molecule has 104 valence electrons. The maximum atomic E-state index is 11.9. The lowest BCUT2D eigenvalue weighted by Gasteiger charge is -2.20. The van der Waals surface area contributed by atoms with Crippen molar-refractivity contribution in [3.8, 4) is 0 Å². The van der Waals surface area contributed by atoms with Crippen molar-refractivity contribution < 1.29 is 4.79 Å². The summed E-state index contributed by atoms with van der Waals surface area (Å²) in [7, 11) is 1.93. The maximum Gasteiger partial charge on any atom is 0.244 e. The number of hydrogen-bond donors (Lipinski definition) is 1. The first-order valence-corrected chi connectivity index (χ1v) is 6.59. The lowest BCUT2D eigenvalue weighted by molar-refractivity contribution is -0.117. The van der Waals surface area contributed by atoms with Crippen molar-refractivity contribution in [2.24, 2.45) is 7.05 Å². The second-order valence-electron chi connectivity index (χ2n) is 4.69. The van der Waals surface area contributed by atoms with Gasteiger partial charge in [0, 0.05) is 19.4 Å². The van der Waals surface area contributed by atoms with E-state index in [1.165, 1.54) is 6.08 Å². The highest BCUT2D eigenvalue weighted by Crippen LogP contribution is 2.23. The number of carbonyl (C=O) groups excluding carboxylic acids is 1. The Morgan fingerprint density at radius 3 is 2.75 bits per heavy atom. The van der Waals surface area contributed by atoms with Crippen molar-refractivity contribution in [3.63, 3.8) is 0 Å². The molecule has 0 aliphatic heterocycles. The normalized spacial score (nSPS) is 12.6. The predicted octanol–water partition coefficient (Wildman–Crippen LogP) is 2.51. The molecule has 20 heavy (non-hydrogen) atoms. The molecule has 0 radical (unpaired) electrons. The summed E-state index contributed by atoms with van der Waals surface area (Å²) in [5.41, 5.74) is 2.18. The number of amides is 1. The highest BCUT2D eigenvalue weighted by molar-refractivity contribution is 5.88. The molecule has 1 unspecified atom stereocenters. The topological polar surface area (TPSA) is 46.9 Å². The van der Waals surface area contributed by atoms with Gasteiger partial charge in [0.2, 0.25) is 5.91 Å². The number of hydrogen-bond acceptors (Lipinski definition) is 2. The van der Waals surface area contributed by atoms with E-state index in [9.17, 15) is 4.79 Å². The van der Waals surface area contributed by atoms with Gasteiger partial charge in [-0.2, -0.15) is 0 Å². The van der Waals surface area contributed by atoms with Crippen LogP contribution in [0.2, 0.25) is 0 Å². The molecule has 4 nitrogen and oxygen atoms in total. The number of nitrogens with zero attached hydrogens (tertiary/aromatic N) is 2. The molecule has 2 aromatic rings. The van der Waals surface area contributed by atoms with Crippen molar-refractivity contribution in [1.29, 1.82) is 0 Å². The second-order valence-corrected chi connectivity index (χ2v) is 4.69. The average Bonchev–Trinajstić information content (AvgIpc) is 2.83. The second kappa shape index (κ2) is 6.19. The Bertz CT molecular complexity index is 628. The number of imidazole rings is 1. The molecule has 0 saturated carbocycles. The summed E-state index contributed by atoms with van der Waals surface area (Å²) >= 11 is 0. The third-order valence-corrected chi connectivity index (χ3v) is 3.22. The third kappa shape index (κ3) is 2.96. The molecule has 4 heteroatoms. The number of allylic oxidation sites excluding steroid dienone is 1. The van der Waals surface area contributed by atoms with Crippen LogP contribution in [0.5, 0.6) is 0 Å². The molecule has 0 aliphatic carbocycles. The van der Waals surface area contributed by atoms with Crippen LogP contribution in [-0.2, 0) is 11.8 Å². The fourth-order valence-electron chi connectivity index (χ4n) is 2.19. The van der Waals surface area contributed by atoms with Gasteiger partial charge in [-0.15, -0.1) is 0 Å². The lowest BCUT2D eigenvalue weighted by atomic mass is 10.0. The molecule has 1 aromatic carbocycles. The fourth-order valence-corrected chi connectivity index (χ4v) is 2.19. The fraction of sp³-hybridized carbons (Fsp3) is 0.250. The van der Waals surface area contributed by atoms with Gasteiger partial charge >= 0.3 is 0 Å². The molecule has 2 rings (SSSR count). The molecule has 0 fully saturated rings. The number of rotatable bonds is 4. The van der Waals surface area contributed by atoms with Gasteiger partial charge < -0.3 is 9.88 Å². The summed E-state index contributed by atoms with van der Waals surface area (Å²) in [5, 5.41) is 3.01. The first-order valence-electron chi connectivity index (χ1n) is 6.59. The minimum atomic E-state index is -0.250. The minimum absolute atomic E-state index is 0.122. The molecule has 0 aliphatic rings. The lowest BCUT2D eigenvalue weighted by Crippen LogP contribution is -2.30. The van der Waals surface area contributed by atoms with E-state index in [2.05, 4.69) is 10.3 Å². The van der Waals surface area contributed by atoms with Crippen LogP contribution in [0.3, 0.4) is 0 Å². The zero-order valence-corrected chi connectivity index (χ0v) is 12.0. The number of aryl methyl sites for hydroxylation is 2. The molecule has 0 saturated heterocycles. The van der Waals surface area contributed by atoms with E-state index in [-0.39, 0.29) is 11.9 Å². The van der Waals surface area contributed by atoms with Crippen LogP contribution in [0, 0.1) is 6.92 Å². The van der Waals surface area contributed by atoms with Gasteiger partial charge in [0.05, 0.1) is 0 Å². The molecular formula is C16H19N3O. The third-order valence-electron chi connectivity index (χ3n) is 3.22. The summed E-state index contributed by atoms with van der Waals surface area (Å²) < 4.78 is 1.92. The summed E-state index contributed by atoms with van der Waals surface area (Å²) in [6.07, 6.45) is 6.86. The Labute approximate surface area is 119 Å². The van der Waals surface area contributed by atoms with E-state index < -0.39 is 0 Å². The first kappa shape index (κ1) is 14.1. The zero-order chi connectivity index (χ0) is 14.5. The Kier molecular flexibility index (Phi) is 4.35. The predicted molar refractivity (Wildman–Crippen MR) is 79.2 cm³/mol. The van der Waals surface area contributed by atoms with Crippen molar-refractivity contribution in [2.75, 3.05) is 0 Å². The maximum absolute atomic E-state index is 11.9. The number of carbonyl (C=O) groups is 1. The minimum Gasteiger partial charge on any atom is -0.339 e. The van der Waals surface area contributed by atoms with Gasteiger partial charge in [-0.3, -0.25) is 4.79 Å². The summed E-state index contributed by atoms with van der Waals surface area (Å²) in [4.78, 5) is 16.3. The van der Waals surface area contributed by atoms with Crippen LogP contribution in [0.4, 0.5) is 0 Å². The highest BCUT2D eigenvalue weighted by Gasteiger charge is 2.21.